The van der Waals surface area contributed by atoms with Crippen LogP contribution in [0.1, 0.15) is 45.6 Å². The first kappa shape index (κ1) is 19.2. The fraction of sp³-hybridized carbons (Fsp3) is 0.208. The molecule has 1 amide bonds. The molecule has 27 heavy (non-hydrogen) atoms. The van der Waals surface area contributed by atoms with Crippen molar-refractivity contribution < 1.29 is 4.79 Å². The summed E-state index contributed by atoms with van der Waals surface area (Å²) in [6, 6.07) is 24.5. The molecule has 0 aliphatic rings. The van der Waals surface area contributed by atoms with Crippen LogP contribution in [-0.2, 0) is 5.75 Å². The molecule has 1 atom stereocenters. The smallest absolute Gasteiger partial charge is 0.251 e. The third kappa shape index (κ3) is 5.24. The quantitative estimate of drug-likeness (QED) is 0.528. The van der Waals surface area contributed by atoms with Crippen LogP contribution in [0.15, 0.2) is 77.7 Å². The number of nitrogens with one attached hydrogen (secondary N) is 1. The van der Waals surface area contributed by atoms with E-state index < -0.39 is 0 Å². The van der Waals surface area contributed by atoms with Gasteiger partial charge < -0.3 is 5.32 Å². The zero-order valence-electron chi connectivity index (χ0n) is 16.0. The summed E-state index contributed by atoms with van der Waals surface area (Å²) in [7, 11) is 0. The predicted molar refractivity (Wildman–Crippen MR) is 114 cm³/mol. The van der Waals surface area contributed by atoms with E-state index in [0.29, 0.717) is 5.56 Å². The van der Waals surface area contributed by atoms with E-state index in [4.69, 9.17) is 0 Å². The monoisotopic (exact) mass is 375 g/mol. The fourth-order valence-electron chi connectivity index (χ4n) is 2.83. The summed E-state index contributed by atoms with van der Waals surface area (Å²) in [5.74, 6) is 0.855. The van der Waals surface area contributed by atoms with E-state index in [0.717, 1.165) is 11.3 Å². The maximum Gasteiger partial charge on any atom is 0.251 e. The first-order valence-electron chi connectivity index (χ1n) is 9.18. The Hall–Kier alpha value is -2.52. The molecule has 3 aromatic rings. The molecule has 0 fully saturated rings. The van der Waals surface area contributed by atoms with Crippen molar-refractivity contribution in [1.29, 1.82) is 0 Å². The molecule has 138 valence electrons. The molecular weight excluding hydrogens is 350 g/mol. The molecule has 0 heterocycles. The summed E-state index contributed by atoms with van der Waals surface area (Å²) in [5.41, 5.74) is 5.54. The predicted octanol–water partition coefficient (Wildman–Crippen LogP) is 6.09. The maximum atomic E-state index is 12.6. The van der Waals surface area contributed by atoms with Gasteiger partial charge in [-0.1, -0.05) is 48.5 Å². The Balaban J connectivity index is 1.59. The van der Waals surface area contributed by atoms with Crippen molar-refractivity contribution in [3.8, 4) is 0 Å². The summed E-state index contributed by atoms with van der Waals surface area (Å²) in [6.45, 7) is 6.21. The second-order valence-electron chi connectivity index (χ2n) is 6.84. The summed E-state index contributed by atoms with van der Waals surface area (Å²) in [6.07, 6.45) is 0. The number of rotatable bonds is 6. The highest BCUT2D eigenvalue weighted by molar-refractivity contribution is 7.98. The number of hydrogen-bond acceptors (Lipinski definition) is 2. The van der Waals surface area contributed by atoms with Gasteiger partial charge in [-0.2, -0.15) is 0 Å². The molecule has 2 nitrogen and oxygen atoms in total. The van der Waals surface area contributed by atoms with E-state index in [1.54, 1.807) is 11.8 Å². The SMILES string of the molecule is Cc1ccc([C@H](C)NC(=O)c2ccc(CSc3ccccc3)cc2)cc1C. The van der Waals surface area contributed by atoms with E-state index in [1.165, 1.54) is 21.6 Å². The molecule has 0 radical (unpaired) electrons. The highest BCUT2D eigenvalue weighted by Crippen LogP contribution is 2.22. The summed E-state index contributed by atoms with van der Waals surface area (Å²) in [4.78, 5) is 13.8. The number of hydrogen-bond donors (Lipinski definition) is 1. The highest BCUT2D eigenvalue weighted by atomic mass is 32.2. The van der Waals surface area contributed by atoms with Crippen molar-refractivity contribution in [2.45, 2.75) is 37.5 Å². The minimum Gasteiger partial charge on any atom is -0.346 e. The summed E-state index contributed by atoms with van der Waals surface area (Å²) < 4.78 is 0. The highest BCUT2D eigenvalue weighted by Gasteiger charge is 2.12. The molecular formula is C24H25NOS. The third-order valence-corrected chi connectivity index (χ3v) is 5.83. The van der Waals surface area contributed by atoms with Crippen molar-refractivity contribution in [2.24, 2.45) is 0 Å². The van der Waals surface area contributed by atoms with Crippen LogP contribution < -0.4 is 5.32 Å². The van der Waals surface area contributed by atoms with Crippen molar-refractivity contribution in [3.05, 3.63) is 101 Å². The molecule has 0 aliphatic heterocycles. The summed E-state index contributed by atoms with van der Waals surface area (Å²) >= 11 is 1.80. The van der Waals surface area contributed by atoms with E-state index in [2.05, 4.69) is 49.5 Å². The number of benzene rings is 3. The minimum absolute atomic E-state index is 0.0230. The van der Waals surface area contributed by atoms with Crippen molar-refractivity contribution in [2.75, 3.05) is 0 Å². The second-order valence-corrected chi connectivity index (χ2v) is 7.89. The van der Waals surface area contributed by atoms with Gasteiger partial charge in [0.05, 0.1) is 6.04 Å². The number of amides is 1. The van der Waals surface area contributed by atoms with Gasteiger partial charge in [0.1, 0.15) is 0 Å². The van der Waals surface area contributed by atoms with Crippen LogP contribution in [-0.4, -0.2) is 5.91 Å². The molecule has 0 saturated carbocycles. The van der Waals surface area contributed by atoms with Gasteiger partial charge in [-0.25, -0.2) is 0 Å². The number of carbonyl (C=O) groups is 1. The Morgan fingerprint density at radius 2 is 1.63 bits per heavy atom. The lowest BCUT2D eigenvalue weighted by Crippen LogP contribution is -2.26. The molecule has 0 saturated heterocycles. The lowest BCUT2D eigenvalue weighted by Gasteiger charge is -2.16. The van der Waals surface area contributed by atoms with Crippen LogP contribution in [0, 0.1) is 13.8 Å². The topological polar surface area (TPSA) is 29.1 Å². The van der Waals surface area contributed by atoms with Crippen LogP contribution in [0.2, 0.25) is 0 Å². The van der Waals surface area contributed by atoms with E-state index in [1.807, 2.05) is 49.4 Å². The molecule has 0 bridgehead atoms. The largest absolute Gasteiger partial charge is 0.346 e. The summed E-state index contributed by atoms with van der Waals surface area (Å²) in [5, 5.41) is 3.09. The average molecular weight is 376 g/mol. The first-order valence-corrected chi connectivity index (χ1v) is 10.2. The van der Waals surface area contributed by atoms with E-state index in [-0.39, 0.29) is 11.9 Å². The van der Waals surface area contributed by atoms with Crippen LogP contribution in [0.4, 0.5) is 0 Å². The number of aryl methyl sites for hydroxylation is 2. The van der Waals surface area contributed by atoms with Crippen LogP contribution in [0.25, 0.3) is 0 Å². The van der Waals surface area contributed by atoms with Gasteiger partial charge in [-0.05, 0) is 67.3 Å². The zero-order valence-corrected chi connectivity index (χ0v) is 16.8. The van der Waals surface area contributed by atoms with Gasteiger partial charge in [-0.15, -0.1) is 11.8 Å². The second kappa shape index (κ2) is 8.92. The van der Waals surface area contributed by atoms with Crippen molar-refractivity contribution in [1.82, 2.24) is 5.32 Å². The van der Waals surface area contributed by atoms with Crippen molar-refractivity contribution >= 4 is 17.7 Å². The molecule has 1 N–H and O–H groups in total. The Kier molecular flexibility index (Phi) is 6.36. The Morgan fingerprint density at radius 1 is 0.926 bits per heavy atom. The van der Waals surface area contributed by atoms with Gasteiger partial charge in [-0.3, -0.25) is 4.79 Å². The van der Waals surface area contributed by atoms with Crippen LogP contribution >= 0.6 is 11.8 Å². The zero-order chi connectivity index (χ0) is 19.2. The molecule has 3 rings (SSSR count). The Labute approximate surface area is 166 Å². The number of carbonyl (C=O) groups excluding carboxylic acids is 1. The van der Waals surface area contributed by atoms with Gasteiger partial charge in [0.2, 0.25) is 0 Å². The number of thioether (sulfide) groups is 1. The standard InChI is InChI=1S/C24H25NOS/c1-17-9-12-22(15-18(17)2)19(3)25-24(26)21-13-10-20(11-14-21)16-27-23-7-5-4-6-8-23/h4-15,19H,16H2,1-3H3,(H,25,26)/t19-/m0/s1. The van der Waals surface area contributed by atoms with Gasteiger partial charge in [0.15, 0.2) is 0 Å². The molecule has 3 aromatic carbocycles. The minimum atomic E-state index is -0.0389. The Bertz CT molecular complexity index is 903. The van der Waals surface area contributed by atoms with Gasteiger partial charge >= 0.3 is 0 Å². The van der Waals surface area contributed by atoms with Gasteiger partial charge in [0, 0.05) is 16.2 Å². The lowest BCUT2D eigenvalue weighted by molar-refractivity contribution is 0.0940. The molecule has 0 aliphatic carbocycles. The molecule has 3 heteroatoms. The average Bonchev–Trinajstić information content (AvgIpc) is 2.69. The van der Waals surface area contributed by atoms with Crippen molar-refractivity contribution in [3.63, 3.8) is 0 Å². The third-order valence-electron chi connectivity index (χ3n) is 4.74. The maximum absolute atomic E-state index is 12.6. The normalized spacial score (nSPS) is 11.8. The Morgan fingerprint density at radius 3 is 2.30 bits per heavy atom. The van der Waals surface area contributed by atoms with Crippen LogP contribution in [0.5, 0.6) is 0 Å². The van der Waals surface area contributed by atoms with E-state index in [9.17, 15) is 4.79 Å². The fourth-order valence-corrected chi connectivity index (χ4v) is 3.71. The van der Waals surface area contributed by atoms with Crippen LogP contribution in [0.3, 0.4) is 0 Å². The van der Waals surface area contributed by atoms with Gasteiger partial charge in [0.25, 0.3) is 5.91 Å². The first-order chi connectivity index (χ1) is 13.0. The molecule has 0 spiro atoms. The van der Waals surface area contributed by atoms with E-state index >= 15 is 0 Å². The lowest BCUT2D eigenvalue weighted by atomic mass is 10.0. The molecule has 0 unspecified atom stereocenters. The molecule has 0 aromatic heterocycles.